The first-order valence-electron chi connectivity index (χ1n) is 7.26. The number of methoxy groups -OCH3 is 1. The number of hydrogen-bond donors (Lipinski definition) is 1. The fourth-order valence-electron chi connectivity index (χ4n) is 2.42. The van der Waals surface area contributed by atoms with Gasteiger partial charge in [-0.2, -0.15) is 0 Å². The molecule has 3 nitrogen and oxygen atoms in total. The second kappa shape index (κ2) is 7.63. The van der Waals surface area contributed by atoms with E-state index in [0.717, 1.165) is 26.9 Å². The summed E-state index contributed by atoms with van der Waals surface area (Å²) < 4.78 is 6.25. The van der Waals surface area contributed by atoms with Crippen LogP contribution >= 0.6 is 22.6 Å². The van der Waals surface area contributed by atoms with Gasteiger partial charge in [0.2, 0.25) is 0 Å². The van der Waals surface area contributed by atoms with Crippen molar-refractivity contribution in [1.29, 1.82) is 0 Å². The van der Waals surface area contributed by atoms with Gasteiger partial charge in [-0.1, -0.05) is 31.2 Å². The van der Waals surface area contributed by atoms with Crippen LogP contribution in [0.2, 0.25) is 0 Å². The van der Waals surface area contributed by atoms with Gasteiger partial charge >= 0.3 is 0 Å². The van der Waals surface area contributed by atoms with E-state index >= 15 is 0 Å². The van der Waals surface area contributed by atoms with Gasteiger partial charge in [-0.15, -0.1) is 0 Å². The summed E-state index contributed by atoms with van der Waals surface area (Å²) in [4.78, 5) is 12.5. The average Bonchev–Trinajstić information content (AvgIpc) is 2.52. The SMILES string of the molecule is CC[C@@H](NC(=O)c1ccccc1I)c1ccc(OC)c(C)c1. The lowest BCUT2D eigenvalue weighted by Crippen LogP contribution is -2.28. The molecule has 0 aliphatic heterocycles. The maximum absolute atomic E-state index is 12.5. The van der Waals surface area contributed by atoms with Crippen LogP contribution in [0.15, 0.2) is 42.5 Å². The zero-order chi connectivity index (χ0) is 16.1. The Morgan fingerprint density at radius 3 is 2.59 bits per heavy atom. The highest BCUT2D eigenvalue weighted by Crippen LogP contribution is 2.24. The van der Waals surface area contributed by atoms with Crippen LogP contribution in [0.25, 0.3) is 0 Å². The molecule has 0 aliphatic rings. The summed E-state index contributed by atoms with van der Waals surface area (Å²) in [5.74, 6) is 0.827. The van der Waals surface area contributed by atoms with Gasteiger partial charge in [0, 0.05) is 3.57 Å². The van der Waals surface area contributed by atoms with Crippen molar-refractivity contribution in [2.75, 3.05) is 7.11 Å². The molecule has 0 aromatic heterocycles. The van der Waals surface area contributed by atoms with E-state index in [1.807, 2.05) is 43.3 Å². The van der Waals surface area contributed by atoms with Crippen molar-refractivity contribution in [2.45, 2.75) is 26.3 Å². The van der Waals surface area contributed by atoms with E-state index in [2.05, 4.69) is 40.9 Å². The first kappa shape index (κ1) is 16.8. The Morgan fingerprint density at radius 1 is 1.27 bits per heavy atom. The van der Waals surface area contributed by atoms with Gasteiger partial charge in [-0.05, 0) is 65.3 Å². The van der Waals surface area contributed by atoms with Crippen molar-refractivity contribution in [1.82, 2.24) is 5.32 Å². The largest absolute Gasteiger partial charge is 0.496 e. The van der Waals surface area contributed by atoms with Gasteiger partial charge in [0.25, 0.3) is 5.91 Å². The molecule has 0 saturated heterocycles. The van der Waals surface area contributed by atoms with E-state index in [4.69, 9.17) is 4.74 Å². The molecule has 22 heavy (non-hydrogen) atoms. The van der Waals surface area contributed by atoms with Crippen LogP contribution in [0.5, 0.6) is 5.75 Å². The number of rotatable bonds is 5. The number of aryl methyl sites for hydroxylation is 1. The van der Waals surface area contributed by atoms with E-state index in [1.165, 1.54) is 0 Å². The molecule has 1 N–H and O–H groups in total. The highest BCUT2D eigenvalue weighted by molar-refractivity contribution is 14.1. The number of ether oxygens (including phenoxy) is 1. The fraction of sp³-hybridized carbons (Fsp3) is 0.278. The third-order valence-electron chi connectivity index (χ3n) is 3.65. The minimum Gasteiger partial charge on any atom is -0.496 e. The molecule has 2 aromatic rings. The Labute approximate surface area is 145 Å². The van der Waals surface area contributed by atoms with Gasteiger partial charge in [0.15, 0.2) is 0 Å². The zero-order valence-electron chi connectivity index (χ0n) is 13.0. The van der Waals surface area contributed by atoms with Crippen molar-refractivity contribution >= 4 is 28.5 Å². The van der Waals surface area contributed by atoms with E-state index in [0.29, 0.717) is 5.56 Å². The van der Waals surface area contributed by atoms with Gasteiger partial charge in [-0.25, -0.2) is 0 Å². The standard InChI is InChI=1S/C18H20INO2/c1-4-16(13-9-10-17(22-3)12(2)11-13)20-18(21)14-7-5-6-8-15(14)19/h5-11,16H,4H2,1-3H3,(H,20,21)/t16-/m1/s1. The maximum Gasteiger partial charge on any atom is 0.252 e. The zero-order valence-corrected chi connectivity index (χ0v) is 15.2. The lowest BCUT2D eigenvalue weighted by molar-refractivity contribution is 0.0934. The molecular formula is C18H20INO2. The number of halogens is 1. The number of carbonyl (C=O) groups is 1. The summed E-state index contributed by atoms with van der Waals surface area (Å²) in [6.45, 7) is 4.08. The van der Waals surface area contributed by atoms with Crippen molar-refractivity contribution in [2.24, 2.45) is 0 Å². The summed E-state index contributed by atoms with van der Waals surface area (Å²) in [5.41, 5.74) is 2.88. The van der Waals surface area contributed by atoms with Crippen molar-refractivity contribution < 1.29 is 9.53 Å². The monoisotopic (exact) mass is 409 g/mol. The molecule has 0 saturated carbocycles. The Morgan fingerprint density at radius 2 is 2.00 bits per heavy atom. The second-order valence-electron chi connectivity index (χ2n) is 5.14. The molecule has 4 heteroatoms. The summed E-state index contributed by atoms with van der Waals surface area (Å²) >= 11 is 2.19. The van der Waals surface area contributed by atoms with Crippen LogP contribution < -0.4 is 10.1 Å². The van der Waals surface area contributed by atoms with Gasteiger partial charge < -0.3 is 10.1 Å². The number of hydrogen-bond acceptors (Lipinski definition) is 2. The predicted molar refractivity (Wildman–Crippen MR) is 97.4 cm³/mol. The number of benzene rings is 2. The van der Waals surface area contributed by atoms with Gasteiger partial charge in [-0.3, -0.25) is 4.79 Å². The summed E-state index contributed by atoms with van der Waals surface area (Å²) in [6, 6.07) is 13.6. The maximum atomic E-state index is 12.5. The Kier molecular flexibility index (Phi) is 5.83. The molecule has 0 aliphatic carbocycles. The van der Waals surface area contributed by atoms with Gasteiger partial charge in [0.1, 0.15) is 5.75 Å². The molecule has 116 valence electrons. The molecule has 0 spiro atoms. The normalized spacial score (nSPS) is 11.8. The molecule has 2 rings (SSSR count). The number of nitrogens with one attached hydrogen (secondary N) is 1. The van der Waals surface area contributed by atoms with E-state index in [9.17, 15) is 4.79 Å². The smallest absolute Gasteiger partial charge is 0.252 e. The van der Waals surface area contributed by atoms with Crippen LogP contribution in [0.1, 0.15) is 40.9 Å². The van der Waals surface area contributed by atoms with Crippen LogP contribution in [0, 0.1) is 10.5 Å². The molecule has 1 amide bonds. The molecule has 1 atom stereocenters. The third kappa shape index (κ3) is 3.80. The molecule has 0 bridgehead atoms. The van der Waals surface area contributed by atoms with E-state index in [-0.39, 0.29) is 11.9 Å². The summed E-state index contributed by atoms with van der Waals surface area (Å²) in [7, 11) is 1.67. The summed E-state index contributed by atoms with van der Waals surface area (Å²) in [6.07, 6.45) is 0.834. The number of amides is 1. The average molecular weight is 409 g/mol. The predicted octanol–water partition coefficient (Wildman–Crippen LogP) is 4.49. The Bertz CT molecular complexity index is 670. The van der Waals surface area contributed by atoms with E-state index < -0.39 is 0 Å². The van der Waals surface area contributed by atoms with Crippen LogP contribution in [0.4, 0.5) is 0 Å². The fourth-order valence-corrected chi connectivity index (χ4v) is 3.05. The quantitative estimate of drug-likeness (QED) is 0.740. The van der Waals surface area contributed by atoms with Crippen molar-refractivity contribution in [3.05, 3.63) is 62.7 Å². The minimum atomic E-state index is -0.0367. The van der Waals surface area contributed by atoms with Crippen molar-refractivity contribution in [3.8, 4) is 5.75 Å². The minimum absolute atomic E-state index is 0.00638. The highest BCUT2D eigenvalue weighted by atomic mass is 127. The molecular weight excluding hydrogens is 389 g/mol. The van der Waals surface area contributed by atoms with Crippen molar-refractivity contribution in [3.63, 3.8) is 0 Å². The van der Waals surface area contributed by atoms with Crippen LogP contribution in [-0.4, -0.2) is 13.0 Å². The molecule has 0 heterocycles. The first-order valence-corrected chi connectivity index (χ1v) is 8.34. The summed E-state index contributed by atoms with van der Waals surface area (Å²) in [5, 5.41) is 3.12. The van der Waals surface area contributed by atoms with Crippen LogP contribution in [-0.2, 0) is 0 Å². The molecule has 0 unspecified atom stereocenters. The molecule has 0 fully saturated rings. The topological polar surface area (TPSA) is 38.3 Å². The first-order chi connectivity index (χ1) is 10.6. The number of carbonyl (C=O) groups excluding carboxylic acids is 1. The lowest BCUT2D eigenvalue weighted by atomic mass is 10.0. The second-order valence-corrected chi connectivity index (χ2v) is 6.31. The Hall–Kier alpha value is -1.56. The molecule has 0 radical (unpaired) electrons. The van der Waals surface area contributed by atoms with E-state index in [1.54, 1.807) is 7.11 Å². The third-order valence-corrected chi connectivity index (χ3v) is 4.59. The molecule has 2 aromatic carbocycles. The van der Waals surface area contributed by atoms with Crippen LogP contribution in [0.3, 0.4) is 0 Å². The lowest BCUT2D eigenvalue weighted by Gasteiger charge is -2.19. The highest BCUT2D eigenvalue weighted by Gasteiger charge is 2.16. The van der Waals surface area contributed by atoms with Gasteiger partial charge in [0.05, 0.1) is 18.7 Å². The Balaban J connectivity index is 2.21.